The van der Waals surface area contributed by atoms with Crippen LogP contribution < -0.4 is 15.1 Å². The van der Waals surface area contributed by atoms with Crippen molar-refractivity contribution < 1.29 is 9.48 Å². The van der Waals surface area contributed by atoms with Crippen LogP contribution in [0.5, 0.6) is 0 Å². The number of carbonyl (C=O) groups excluding carboxylic acids is 1. The maximum absolute atomic E-state index is 13.1. The lowest BCUT2D eigenvalue weighted by Gasteiger charge is -2.31. The largest absolute Gasteiger partial charge is 0.347 e. The van der Waals surface area contributed by atoms with E-state index in [0.29, 0.717) is 22.1 Å². The summed E-state index contributed by atoms with van der Waals surface area (Å²) in [5.41, 5.74) is 2.55. The average Bonchev–Trinajstić information content (AvgIpc) is 3.12. The Balaban J connectivity index is 1.98. The van der Waals surface area contributed by atoms with Gasteiger partial charge in [-0.05, 0) is 35.4 Å². The first-order valence-corrected chi connectivity index (χ1v) is 10.7. The molecule has 0 saturated carbocycles. The third kappa shape index (κ3) is 3.37. The van der Waals surface area contributed by atoms with Crippen molar-refractivity contribution in [1.29, 1.82) is 0 Å². The third-order valence-corrected chi connectivity index (χ3v) is 6.03. The van der Waals surface area contributed by atoms with Crippen LogP contribution in [0.1, 0.15) is 38.5 Å². The highest BCUT2D eigenvalue weighted by Crippen LogP contribution is 2.37. The molecule has 150 valence electrons. The van der Waals surface area contributed by atoms with Crippen molar-refractivity contribution >= 4 is 23.4 Å². The van der Waals surface area contributed by atoms with E-state index in [2.05, 4.69) is 11.9 Å². The SMILES string of the molecule is CCCCSc1n[n+]2c(c(=O)[nH]1)-c1ccccc1N(C(C)=O)C2c1cccn1C. The van der Waals surface area contributed by atoms with E-state index in [-0.39, 0.29) is 11.5 Å². The highest BCUT2D eigenvalue weighted by Gasteiger charge is 2.45. The van der Waals surface area contributed by atoms with Crippen molar-refractivity contribution in [3.8, 4) is 11.3 Å². The average molecular weight is 411 g/mol. The van der Waals surface area contributed by atoms with Crippen molar-refractivity contribution in [2.24, 2.45) is 7.05 Å². The quantitative estimate of drug-likeness (QED) is 0.399. The number of hydrogen-bond acceptors (Lipinski definition) is 4. The zero-order valence-corrected chi connectivity index (χ0v) is 17.6. The van der Waals surface area contributed by atoms with Crippen LogP contribution >= 0.6 is 11.8 Å². The van der Waals surface area contributed by atoms with Crippen LogP contribution in [-0.4, -0.2) is 26.3 Å². The summed E-state index contributed by atoms with van der Waals surface area (Å²) in [6.45, 7) is 3.67. The number of aromatic nitrogens is 4. The summed E-state index contributed by atoms with van der Waals surface area (Å²) in [6.07, 6.45) is 3.51. The lowest BCUT2D eigenvalue weighted by molar-refractivity contribution is -0.763. The summed E-state index contributed by atoms with van der Waals surface area (Å²) in [7, 11) is 1.93. The molecule has 7 nitrogen and oxygen atoms in total. The number of thioether (sulfide) groups is 1. The summed E-state index contributed by atoms with van der Waals surface area (Å²) in [4.78, 5) is 30.5. The van der Waals surface area contributed by atoms with Gasteiger partial charge in [-0.2, -0.15) is 0 Å². The fourth-order valence-corrected chi connectivity index (χ4v) is 4.64. The van der Waals surface area contributed by atoms with Gasteiger partial charge in [-0.15, -0.1) is 0 Å². The molecule has 2 aromatic heterocycles. The highest BCUT2D eigenvalue weighted by atomic mass is 32.2. The Morgan fingerprint density at radius 1 is 1.28 bits per heavy atom. The minimum Gasteiger partial charge on any atom is -0.347 e. The molecule has 0 radical (unpaired) electrons. The van der Waals surface area contributed by atoms with Gasteiger partial charge in [-0.25, -0.2) is 4.90 Å². The number of benzene rings is 1. The van der Waals surface area contributed by atoms with Crippen molar-refractivity contribution in [1.82, 2.24) is 14.6 Å². The molecular weight excluding hydrogens is 386 g/mol. The van der Waals surface area contributed by atoms with Gasteiger partial charge in [0.1, 0.15) is 5.69 Å². The molecule has 0 saturated heterocycles. The predicted octanol–water partition coefficient (Wildman–Crippen LogP) is 2.87. The van der Waals surface area contributed by atoms with Crippen LogP contribution in [0.15, 0.2) is 52.5 Å². The molecule has 0 aliphatic carbocycles. The maximum Gasteiger partial charge on any atom is 0.325 e. The van der Waals surface area contributed by atoms with Crippen molar-refractivity contribution in [2.45, 2.75) is 38.0 Å². The van der Waals surface area contributed by atoms with Crippen LogP contribution in [-0.2, 0) is 11.8 Å². The number of fused-ring (bicyclic) bond motifs is 3. The molecule has 3 heterocycles. The van der Waals surface area contributed by atoms with E-state index in [9.17, 15) is 9.59 Å². The normalized spacial score (nSPS) is 15.1. The van der Waals surface area contributed by atoms with Gasteiger partial charge in [-0.3, -0.25) is 14.6 Å². The molecule has 29 heavy (non-hydrogen) atoms. The number of aryl methyl sites for hydroxylation is 1. The van der Waals surface area contributed by atoms with E-state index in [4.69, 9.17) is 5.10 Å². The Morgan fingerprint density at radius 2 is 2.07 bits per heavy atom. The molecule has 0 bridgehead atoms. The number of amides is 1. The first-order chi connectivity index (χ1) is 14.0. The summed E-state index contributed by atoms with van der Waals surface area (Å²) in [5.74, 6) is 0.768. The second-order valence-corrected chi connectivity index (χ2v) is 8.16. The number of hydrogen-bond donors (Lipinski definition) is 1. The standard InChI is InChI=1S/C21H23N5O2S/c1-4-5-13-29-21-22-19(28)18-15-9-6-7-10-16(15)25(14(2)27)20(26(18)23-21)17-11-8-12-24(17)3/h6-12,20H,4-5,13H2,1-3H3/p+1. The van der Waals surface area contributed by atoms with Gasteiger partial charge < -0.3 is 4.57 Å². The number of nitrogens with one attached hydrogen (secondary N) is 1. The molecular formula is C21H24N5O2S+. The molecule has 1 amide bonds. The van der Waals surface area contributed by atoms with Crippen molar-refractivity contribution in [3.05, 3.63) is 58.6 Å². The van der Waals surface area contributed by atoms with E-state index in [1.54, 1.807) is 16.5 Å². The van der Waals surface area contributed by atoms with Gasteiger partial charge in [-0.1, -0.05) is 37.2 Å². The first kappa shape index (κ1) is 19.4. The highest BCUT2D eigenvalue weighted by molar-refractivity contribution is 7.99. The number of unbranched alkanes of at least 4 members (excludes halogenated alkanes) is 1. The van der Waals surface area contributed by atoms with Gasteiger partial charge >= 0.3 is 17.4 Å². The van der Waals surface area contributed by atoms with Crippen LogP contribution in [0, 0.1) is 0 Å². The molecule has 8 heteroatoms. The Bertz CT molecular complexity index is 1120. The number of nitrogens with zero attached hydrogens (tertiary/aromatic N) is 4. The topological polar surface area (TPSA) is 74.9 Å². The van der Waals surface area contributed by atoms with E-state index < -0.39 is 6.17 Å². The van der Waals surface area contributed by atoms with Gasteiger partial charge in [0.15, 0.2) is 0 Å². The molecule has 1 unspecified atom stereocenters. The molecule has 1 aliphatic heterocycles. The number of aromatic amines is 1. The molecule has 0 spiro atoms. The molecule has 0 fully saturated rings. The Labute approximate surface area is 173 Å². The monoisotopic (exact) mass is 410 g/mol. The summed E-state index contributed by atoms with van der Waals surface area (Å²) in [6, 6.07) is 11.4. The second-order valence-electron chi connectivity index (χ2n) is 7.08. The van der Waals surface area contributed by atoms with E-state index in [1.165, 1.54) is 11.8 Å². The summed E-state index contributed by atoms with van der Waals surface area (Å²) in [5, 5.41) is 5.34. The predicted molar refractivity (Wildman–Crippen MR) is 113 cm³/mol. The maximum atomic E-state index is 13.1. The molecule has 1 atom stereocenters. The van der Waals surface area contributed by atoms with Crippen LogP contribution in [0.4, 0.5) is 5.69 Å². The van der Waals surface area contributed by atoms with Crippen molar-refractivity contribution in [2.75, 3.05) is 10.7 Å². The van der Waals surface area contributed by atoms with Crippen LogP contribution in [0.3, 0.4) is 0 Å². The fraction of sp³-hybridized carbons (Fsp3) is 0.333. The van der Waals surface area contributed by atoms with Gasteiger partial charge in [0.25, 0.3) is 0 Å². The summed E-state index contributed by atoms with van der Waals surface area (Å²) >= 11 is 1.53. The van der Waals surface area contributed by atoms with Gasteiger partial charge in [0.2, 0.25) is 11.1 Å². The Morgan fingerprint density at radius 3 is 2.76 bits per heavy atom. The van der Waals surface area contributed by atoms with Gasteiger partial charge in [0.05, 0.1) is 11.3 Å². The van der Waals surface area contributed by atoms with E-state index in [1.807, 2.05) is 54.2 Å². The first-order valence-electron chi connectivity index (χ1n) is 9.72. The third-order valence-electron chi connectivity index (χ3n) is 5.08. The van der Waals surface area contributed by atoms with Gasteiger partial charge in [0, 0.05) is 31.0 Å². The zero-order valence-electron chi connectivity index (χ0n) is 16.8. The lowest BCUT2D eigenvalue weighted by Crippen LogP contribution is -2.61. The van der Waals surface area contributed by atoms with Crippen LogP contribution in [0.25, 0.3) is 11.3 Å². The number of anilines is 1. The fourth-order valence-electron chi connectivity index (χ4n) is 3.70. The molecule has 3 aromatic rings. The molecule has 1 aliphatic rings. The van der Waals surface area contributed by atoms with Crippen LogP contribution in [0.2, 0.25) is 0 Å². The lowest BCUT2D eigenvalue weighted by atomic mass is 10.0. The Kier molecular flexibility index (Phi) is 5.27. The number of carbonyl (C=O) groups is 1. The van der Waals surface area contributed by atoms with E-state index in [0.717, 1.165) is 24.3 Å². The number of H-pyrrole nitrogens is 1. The number of rotatable bonds is 5. The molecule has 1 N–H and O–H groups in total. The second kappa shape index (κ2) is 7.87. The molecule has 1 aromatic carbocycles. The zero-order chi connectivity index (χ0) is 20.5. The molecule has 4 rings (SSSR count). The van der Waals surface area contributed by atoms with Crippen molar-refractivity contribution in [3.63, 3.8) is 0 Å². The van der Waals surface area contributed by atoms with E-state index >= 15 is 0 Å². The number of para-hydroxylation sites is 1. The summed E-state index contributed by atoms with van der Waals surface area (Å²) < 4.78 is 3.66. The Hall–Kier alpha value is -2.87. The minimum absolute atomic E-state index is 0.107. The smallest absolute Gasteiger partial charge is 0.325 e. The minimum atomic E-state index is -0.537.